The van der Waals surface area contributed by atoms with E-state index in [-0.39, 0.29) is 36.9 Å². The van der Waals surface area contributed by atoms with Gasteiger partial charge < -0.3 is 4.90 Å². The Morgan fingerprint density at radius 1 is 1.10 bits per heavy atom. The average Bonchev–Trinajstić information content (AvgIpc) is 2.67. The number of aromatic nitrogens is 2. The lowest BCUT2D eigenvalue weighted by molar-refractivity contribution is -0.137. The van der Waals surface area contributed by atoms with E-state index in [1.807, 2.05) is 0 Å². The molecule has 0 spiro atoms. The summed E-state index contributed by atoms with van der Waals surface area (Å²) >= 11 is 5.87. The molecule has 12 heteroatoms. The van der Waals surface area contributed by atoms with Gasteiger partial charge in [-0.25, -0.2) is 13.4 Å². The lowest BCUT2D eigenvalue weighted by Crippen LogP contribution is -2.50. The molecular weight excluding hydrogens is 433 g/mol. The van der Waals surface area contributed by atoms with Crippen LogP contribution >= 0.6 is 11.6 Å². The van der Waals surface area contributed by atoms with Crippen molar-refractivity contribution in [2.45, 2.75) is 18.0 Å². The van der Waals surface area contributed by atoms with Gasteiger partial charge in [-0.05, 0) is 25.1 Å². The van der Waals surface area contributed by atoms with Crippen LogP contribution < -0.4 is 0 Å². The van der Waals surface area contributed by atoms with Gasteiger partial charge in [-0.3, -0.25) is 9.78 Å². The van der Waals surface area contributed by atoms with E-state index in [1.54, 1.807) is 6.92 Å². The lowest BCUT2D eigenvalue weighted by Gasteiger charge is -2.34. The number of hydrogen-bond acceptors (Lipinski definition) is 5. The number of hydrogen-bond donors (Lipinski definition) is 0. The van der Waals surface area contributed by atoms with Gasteiger partial charge in [-0.2, -0.15) is 17.5 Å². The predicted molar refractivity (Wildman–Crippen MR) is 97.9 cm³/mol. The first kappa shape index (κ1) is 21.5. The Morgan fingerprint density at radius 3 is 2.31 bits per heavy atom. The first-order chi connectivity index (χ1) is 13.5. The highest BCUT2D eigenvalue weighted by Crippen LogP contribution is 2.34. The molecule has 1 aromatic heterocycles. The van der Waals surface area contributed by atoms with Crippen molar-refractivity contribution in [2.75, 3.05) is 26.2 Å². The summed E-state index contributed by atoms with van der Waals surface area (Å²) in [5.41, 5.74) is -0.324. The molecule has 0 aliphatic carbocycles. The van der Waals surface area contributed by atoms with Gasteiger partial charge in [0, 0.05) is 32.4 Å². The van der Waals surface area contributed by atoms with E-state index < -0.39 is 32.6 Å². The second-order valence-electron chi connectivity index (χ2n) is 6.38. The molecule has 29 heavy (non-hydrogen) atoms. The molecule has 0 saturated carbocycles. The Kier molecular flexibility index (Phi) is 5.84. The van der Waals surface area contributed by atoms with Crippen LogP contribution in [0, 0.1) is 6.92 Å². The fraction of sp³-hybridized carbons (Fsp3) is 0.353. The molecule has 0 bridgehead atoms. The second-order valence-corrected chi connectivity index (χ2v) is 8.70. The summed E-state index contributed by atoms with van der Waals surface area (Å²) in [5, 5.41) is -0.300. The number of nitrogens with zero attached hydrogens (tertiary/aromatic N) is 4. The molecule has 0 radical (unpaired) electrons. The van der Waals surface area contributed by atoms with Gasteiger partial charge in [0.15, 0.2) is 0 Å². The van der Waals surface area contributed by atoms with Gasteiger partial charge in [0.05, 0.1) is 22.5 Å². The maximum atomic E-state index is 12.9. The molecule has 0 unspecified atom stereocenters. The third kappa shape index (κ3) is 4.51. The van der Waals surface area contributed by atoms with Crippen molar-refractivity contribution in [1.82, 2.24) is 19.2 Å². The first-order valence-electron chi connectivity index (χ1n) is 8.45. The third-order valence-electron chi connectivity index (χ3n) is 4.40. The minimum absolute atomic E-state index is 0.0597. The number of alkyl halides is 3. The predicted octanol–water partition coefficient (Wildman–Crippen LogP) is 2.60. The molecular formula is C17H16ClF3N4O3S. The zero-order valence-electron chi connectivity index (χ0n) is 15.1. The van der Waals surface area contributed by atoms with Gasteiger partial charge in [0.1, 0.15) is 10.6 Å². The van der Waals surface area contributed by atoms with E-state index in [1.165, 1.54) is 17.3 Å². The molecule has 0 N–H and O–H groups in total. The van der Waals surface area contributed by atoms with E-state index in [9.17, 15) is 26.4 Å². The molecule has 1 aromatic carbocycles. The molecule has 1 amide bonds. The Labute approximate surface area is 170 Å². The van der Waals surface area contributed by atoms with Crippen LogP contribution in [0.1, 0.15) is 21.7 Å². The summed E-state index contributed by atoms with van der Waals surface area (Å²) in [6.07, 6.45) is -1.91. The Hall–Kier alpha value is -2.24. The van der Waals surface area contributed by atoms with E-state index >= 15 is 0 Å². The van der Waals surface area contributed by atoms with Crippen molar-refractivity contribution in [1.29, 1.82) is 0 Å². The topological polar surface area (TPSA) is 83.5 Å². The highest BCUT2D eigenvalue weighted by Gasteiger charge is 2.36. The average molecular weight is 449 g/mol. The van der Waals surface area contributed by atoms with Gasteiger partial charge in [0.2, 0.25) is 10.0 Å². The summed E-state index contributed by atoms with van der Waals surface area (Å²) in [5.74, 6) is -0.397. The third-order valence-corrected chi connectivity index (χ3v) is 6.78. The van der Waals surface area contributed by atoms with Gasteiger partial charge >= 0.3 is 6.18 Å². The highest BCUT2D eigenvalue weighted by atomic mass is 35.5. The monoisotopic (exact) mass is 448 g/mol. The fourth-order valence-electron chi connectivity index (χ4n) is 2.81. The number of carbonyl (C=O) groups excluding carboxylic acids is 1. The zero-order chi connectivity index (χ0) is 21.4. The van der Waals surface area contributed by atoms with Crippen molar-refractivity contribution in [3.05, 3.63) is 52.6 Å². The van der Waals surface area contributed by atoms with Gasteiger partial charge in [-0.15, -0.1) is 0 Å². The summed E-state index contributed by atoms with van der Waals surface area (Å²) < 4.78 is 65.5. The zero-order valence-corrected chi connectivity index (χ0v) is 16.7. The molecule has 3 rings (SSSR count). The smallest absolute Gasteiger partial charge is 0.335 e. The molecule has 1 aliphatic rings. The molecule has 1 fully saturated rings. The number of amides is 1. The van der Waals surface area contributed by atoms with Crippen LogP contribution in [0.25, 0.3) is 0 Å². The normalized spacial score (nSPS) is 16.1. The van der Waals surface area contributed by atoms with Crippen LogP contribution in [0.4, 0.5) is 13.2 Å². The van der Waals surface area contributed by atoms with Crippen LogP contribution in [0.2, 0.25) is 5.02 Å². The number of sulfonamides is 1. The Morgan fingerprint density at radius 2 is 1.76 bits per heavy atom. The largest absolute Gasteiger partial charge is 0.416 e. The summed E-state index contributed by atoms with van der Waals surface area (Å²) in [6, 6.07) is 2.16. The van der Waals surface area contributed by atoms with E-state index in [0.29, 0.717) is 11.8 Å². The van der Waals surface area contributed by atoms with Crippen molar-refractivity contribution in [2.24, 2.45) is 0 Å². The SMILES string of the molecule is Cc1cnc(C(=O)N2CCN(S(=O)(=O)c3cc(C(F)(F)F)ccc3Cl)CC2)cn1. The van der Waals surface area contributed by atoms with Gasteiger partial charge in [0.25, 0.3) is 5.91 Å². The molecule has 0 atom stereocenters. The molecule has 156 valence electrons. The number of carbonyl (C=O) groups is 1. The van der Waals surface area contributed by atoms with E-state index in [0.717, 1.165) is 16.4 Å². The number of benzene rings is 1. The molecule has 1 saturated heterocycles. The maximum absolute atomic E-state index is 12.9. The standard InChI is InChI=1S/C17H16ClF3N4O3S/c1-11-9-23-14(10-22-11)16(26)24-4-6-25(7-5-24)29(27,28)15-8-12(17(19,20)21)2-3-13(15)18/h2-3,8-10H,4-7H2,1H3. The van der Waals surface area contributed by atoms with Crippen LogP contribution in [0.3, 0.4) is 0 Å². The number of halogens is 4. The number of aryl methyl sites for hydroxylation is 1. The number of rotatable bonds is 3. The van der Waals surface area contributed by atoms with Crippen molar-refractivity contribution >= 4 is 27.5 Å². The van der Waals surface area contributed by atoms with E-state index in [2.05, 4.69) is 9.97 Å². The summed E-state index contributed by atoms with van der Waals surface area (Å²) in [7, 11) is -4.26. The fourth-order valence-corrected chi connectivity index (χ4v) is 4.74. The molecule has 7 nitrogen and oxygen atoms in total. The quantitative estimate of drug-likeness (QED) is 0.720. The molecule has 2 aromatic rings. The van der Waals surface area contributed by atoms with Crippen molar-refractivity contribution in [3.63, 3.8) is 0 Å². The highest BCUT2D eigenvalue weighted by molar-refractivity contribution is 7.89. The maximum Gasteiger partial charge on any atom is 0.416 e. The Bertz CT molecular complexity index is 1020. The van der Waals surface area contributed by atoms with Crippen molar-refractivity contribution in [3.8, 4) is 0 Å². The van der Waals surface area contributed by atoms with E-state index in [4.69, 9.17) is 11.6 Å². The van der Waals surface area contributed by atoms with Crippen LogP contribution in [0.15, 0.2) is 35.5 Å². The summed E-state index contributed by atoms with van der Waals surface area (Å²) in [6.45, 7) is 1.68. The van der Waals surface area contributed by atoms with Gasteiger partial charge in [-0.1, -0.05) is 11.6 Å². The Balaban J connectivity index is 1.76. The minimum atomic E-state index is -4.70. The second kappa shape index (κ2) is 7.88. The first-order valence-corrected chi connectivity index (χ1v) is 10.3. The molecule has 1 aliphatic heterocycles. The lowest BCUT2D eigenvalue weighted by atomic mass is 10.2. The number of piperazine rings is 1. The van der Waals surface area contributed by atoms with Crippen LogP contribution in [-0.2, 0) is 16.2 Å². The van der Waals surface area contributed by atoms with Crippen LogP contribution in [-0.4, -0.2) is 59.7 Å². The molecule has 2 heterocycles. The minimum Gasteiger partial charge on any atom is -0.335 e. The van der Waals surface area contributed by atoms with Crippen molar-refractivity contribution < 1.29 is 26.4 Å². The van der Waals surface area contributed by atoms with Crippen LogP contribution in [0.5, 0.6) is 0 Å². The summed E-state index contributed by atoms with van der Waals surface area (Å²) in [4.78, 5) is 21.3.